The minimum absolute atomic E-state index is 0.143. The van der Waals surface area contributed by atoms with Gasteiger partial charge >= 0.3 is 6.09 Å². The molecular weight excluding hydrogens is 210 g/mol. The van der Waals surface area contributed by atoms with E-state index >= 15 is 0 Å². The molecule has 1 rings (SSSR count). The molecule has 2 N–H and O–H groups in total. The Balaban J connectivity index is 2.60. The number of hydrogen-bond donors (Lipinski definition) is 2. The summed E-state index contributed by atoms with van der Waals surface area (Å²) in [5.74, 6) is 0. The van der Waals surface area contributed by atoms with Crippen molar-refractivity contribution in [2.75, 3.05) is 13.2 Å². The van der Waals surface area contributed by atoms with E-state index in [1.165, 1.54) is 4.90 Å². The molecule has 0 aromatic carbocycles. The van der Waals surface area contributed by atoms with Crippen LogP contribution in [0.3, 0.4) is 0 Å². The van der Waals surface area contributed by atoms with Gasteiger partial charge in [-0.2, -0.15) is 0 Å². The maximum Gasteiger partial charge on any atom is 0.410 e. The van der Waals surface area contributed by atoms with Crippen LogP contribution in [-0.2, 0) is 4.74 Å². The van der Waals surface area contributed by atoms with Gasteiger partial charge in [0.15, 0.2) is 0 Å². The molecule has 0 radical (unpaired) electrons. The van der Waals surface area contributed by atoms with Crippen LogP contribution in [0, 0.1) is 0 Å². The van der Waals surface area contributed by atoms with Crippen LogP contribution >= 0.6 is 0 Å². The topological polar surface area (TPSA) is 70.0 Å². The van der Waals surface area contributed by atoms with Crippen molar-refractivity contribution >= 4 is 6.09 Å². The first-order valence-electron chi connectivity index (χ1n) is 5.62. The number of piperidine rings is 1. The minimum Gasteiger partial charge on any atom is -0.444 e. The van der Waals surface area contributed by atoms with Crippen LogP contribution in [0.15, 0.2) is 0 Å². The molecule has 2 atom stereocenters. The Morgan fingerprint density at radius 1 is 1.50 bits per heavy atom. The zero-order valence-electron chi connectivity index (χ0n) is 10.1. The SMILES string of the molecule is CC(C)(C)OC(=O)N1CC[C@@H](O)C[C@@H]1CO. The molecule has 16 heavy (non-hydrogen) atoms. The maximum atomic E-state index is 11.8. The summed E-state index contributed by atoms with van der Waals surface area (Å²) in [6, 6.07) is -0.335. The second-order valence-corrected chi connectivity index (χ2v) is 5.19. The highest BCUT2D eigenvalue weighted by molar-refractivity contribution is 5.68. The standard InChI is InChI=1S/C11H21NO4/c1-11(2,3)16-10(15)12-5-4-9(14)6-8(12)7-13/h8-9,13-14H,4-7H2,1-3H3/t8-,9-/m1/s1. The third kappa shape index (κ3) is 3.64. The highest BCUT2D eigenvalue weighted by Crippen LogP contribution is 2.20. The summed E-state index contributed by atoms with van der Waals surface area (Å²) in [5.41, 5.74) is -0.535. The highest BCUT2D eigenvalue weighted by Gasteiger charge is 2.32. The molecule has 0 spiro atoms. The van der Waals surface area contributed by atoms with Gasteiger partial charge in [0.05, 0.1) is 18.8 Å². The number of amides is 1. The van der Waals surface area contributed by atoms with Gasteiger partial charge in [-0.25, -0.2) is 4.79 Å². The summed E-state index contributed by atoms with van der Waals surface area (Å²) >= 11 is 0. The van der Waals surface area contributed by atoms with Gasteiger partial charge in [0, 0.05) is 6.54 Å². The lowest BCUT2D eigenvalue weighted by molar-refractivity contribution is -0.0184. The van der Waals surface area contributed by atoms with E-state index in [1.54, 1.807) is 20.8 Å². The van der Waals surface area contributed by atoms with E-state index in [0.29, 0.717) is 19.4 Å². The van der Waals surface area contributed by atoms with Gasteiger partial charge in [0.25, 0.3) is 0 Å². The Morgan fingerprint density at radius 2 is 2.12 bits per heavy atom. The van der Waals surface area contributed by atoms with Crippen LogP contribution < -0.4 is 0 Å². The zero-order valence-corrected chi connectivity index (χ0v) is 10.1. The Labute approximate surface area is 96.0 Å². The molecule has 94 valence electrons. The van der Waals surface area contributed by atoms with Gasteiger partial charge < -0.3 is 19.8 Å². The van der Waals surface area contributed by atoms with Gasteiger partial charge in [-0.1, -0.05) is 0 Å². The third-order valence-electron chi connectivity index (χ3n) is 2.53. The molecule has 5 heteroatoms. The first-order valence-corrected chi connectivity index (χ1v) is 5.62. The van der Waals surface area contributed by atoms with E-state index in [9.17, 15) is 9.90 Å². The maximum absolute atomic E-state index is 11.8. The molecule has 0 unspecified atom stereocenters. The predicted molar refractivity (Wildman–Crippen MR) is 59.1 cm³/mol. The minimum atomic E-state index is -0.535. The molecule has 1 fully saturated rings. The summed E-state index contributed by atoms with van der Waals surface area (Å²) < 4.78 is 5.24. The molecular formula is C11H21NO4. The predicted octanol–water partition coefficient (Wildman–Crippen LogP) is 0.739. The fourth-order valence-electron chi connectivity index (χ4n) is 1.76. The zero-order chi connectivity index (χ0) is 12.3. The van der Waals surface area contributed by atoms with E-state index in [4.69, 9.17) is 9.84 Å². The van der Waals surface area contributed by atoms with Crippen molar-refractivity contribution in [3.8, 4) is 0 Å². The lowest BCUT2D eigenvalue weighted by Gasteiger charge is -2.37. The Bertz CT molecular complexity index is 249. The fourth-order valence-corrected chi connectivity index (χ4v) is 1.76. The molecule has 1 amide bonds. The van der Waals surface area contributed by atoms with Gasteiger partial charge in [-0.05, 0) is 33.6 Å². The molecule has 0 bridgehead atoms. The Kier molecular flexibility index (Phi) is 4.15. The largest absolute Gasteiger partial charge is 0.444 e. The van der Waals surface area contributed by atoms with E-state index in [-0.39, 0.29) is 12.6 Å². The van der Waals surface area contributed by atoms with Gasteiger partial charge in [0.1, 0.15) is 5.60 Å². The van der Waals surface area contributed by atoms with Crippen LogP contribution in [0.4, 0.5) is 4.79 Å². The lowest BCUT2D eigenvalue weighted by Crippen LogP contribution is -2.50. The second kappa shape index (κ2) is 5.01. The number of likely N-dealkylation sites (tertiary alicyclic amines) is 1. The molecule has 0 aromatic heterocycles. The molecule has 0 saturated carbocycles. The number of aliphatic hydroxyl groups excluding tert-OH is 2. The number of carbonyl (C=O) groups excluding carboxylic acids is 1. The van der Waals surface area contributed by atoms with Crippen molar-refractivity contribution in [2.45, 2.75) is 51.4 Å². The van der Waals surface area contributed by atoms with Crippen molar-refractivity contribution in [2.24, 2.45) is 0 Å². The lowest BCUT2D eigenvalue weighted by atomic mass is 10.0. The first kappa shape index (κ1) is 13.3. The van der Waals surface area contributed by atoms with E-state index in [2.05, 4.69) is 0 Å². The fraction of sp³-hybridized carbons (Fsp3) is 0.909. The summed E-state index contributed by atoms with van der Waals surface area (Å²) in [6.07, 6.45) is 0.0974. The number of carbonyl (C=O) groups is 1. The van der Waals surface area contributed by atoms with Crippen molar-refractivity contribution in [3.05, 3.63) is 0 Å². The molecule has 0 aromatic rings. The van der Waals surface area contributed by atoms with E-state index in [0.717, 1.165) is 0 Å². The van der Waals surface area contributed by atoms with Crippen LogP contribution in [0.2, 0.25) is 0 Å². The van der Waals surface area contributed by atoms with Crippen molar-refractivity contribution in [3.63, 3.8) is 0 Å². The average Bonchev–Trinajstić information content (AvgIpc) is 2.14. The third-order valence-corrected chi connectivity index (χ3v) is 2.53. The van der Waals surface area contributed by atoms with Crippen LogP contribution in [-0.4, -0.2) is 52.1 Å². The number of hydrogen-bond acceptors (Lipinski definition) is 4. The number of aliphatic hydroxyl groups is 2. The van der Waals surface area contributed by atoms with Crippen LogP contribution in [0.1, 0.15) is 33.6 Å². The van der Waals surface area contributed by atoms with Gasteiger partial charge in [-0.15, -0.1) is 0 Å². The van der Waals surface area contributed by atoms with E-state index in [1.807, 2.05) is 0 Å². The number of nitrogens with zero attached hydrogens (tertiary/aromatic N) is 1. The summed E-state index contributed by atoms with van der Waals surface area (Å²) in [5, 5.41) is 18.6. The van der Waals surface area contributed by atoms with E-state index < -0.39 is 17.8 Å². The normalized spacial score (nSPS) is 26.7. The van der Waals surface area contributed by atoms with Crippen LogP contribution in [0.5, 0.6) is 0 Å². The smallest absolute Gasteiger partial charge is 0.410 e. The molecule has 0 aliphatic carbocycles. The summed E-state index contributed by atoms with van der Waals surface area (Å²) in [7, 11) is 0. The molecule has 5 nitrogen and oxygen atoms in total. The number of rotatable bonds is 1. The van der Waals surface area contributed by atoms with Gasteiger partial charge in [-0.3, -0.25) is 0 Å². The van der Waals surface area contributed by atoms with Crippen molar-refractivity contribution in [1.82, 2.24) is 4.90 Å². The summed E-state index contributed by atoms with van der Waals surface area (Å²) in [4.78, 5) is 13.3. The average molecular weight is 231 g/mol. The van der Waals surface area contributed by atoms with Gasteiger partial charge in [0.2, 0.25) is 0 Å². The molecule has 1 heterocycles. The number of ether oxygens (including phenoxy) is 1. The monoisotopic (exact) mass is 231 g/mol. The Hall–Kier alpha value is -0.810. The van der Waals surface area contributed by atoms with Crippen molar-refractivity contribution < 1.29 is 19.7 Å². The molecule has 1 saturated heterocycles. The first-order chi connectivity index (χ1) is 7.33. The highest BCUT2D eigenvalue weighted by atomic mass is 16.6. The second-order valence-electron chi connectivity index (χ2n) is 5.19. The van der Waals surface area contributed by atoms with Crippen molar-refractivity contribution in [1.29, 1.82) is 0 Å². The molecule has 1 aliphatic rings. The Morgan fingerprint density at radius 3 is 2.62 bits per heavy atom. The van der Waals surface area contributed by atoms with Crippen LogP contribution in [0.25, 0.3) is 0 Å². The molecule has 1 aliphatic heterocycles. The summed E-state index contributed by atoms with van der Waals surface area (Å²) in [6.45, 7) is 5.70. The quantitative estimate of drug-likeness (QED) is 0.698.